The van der Waals surface area contributed by atoms with Crippen LogP contribution in [0.25, 0.3) is 0 Å². The Bertz CT molecular complexity index is 476. The highest BCUT2D eigenvalue weighted by molar-refractivity contribution is 7.53. The number of hydrogen-bond donors (Lipinski definition) is 0. The summed E-state index contributed by atoms with van der Waals surface area (Å²) in [7, 11) is -0.345. The highest BCUT2D eigenvalue weighted by atomic mass is 31.2. The molecule has 0 rings (SSSR count). The summed E-state index contributed by atoms with van der Waals surface area (Å²) in [6, 6.07) is 0. The normalized spacial score (nSPS) is 11.8. The van der Waals surface area contributed by atoms with Crippen LogP contribution in [0.15, 0.2) is 12.2 Å². The van der Waals surface area contributed by atoms with Gasteiger partial charge in [-0.15, -0.1) is 0 Å². The zero-order chi connectivity index (χ0) is 22.0. The van der Waals surface area contributed by atoms with E-state index in [1.54, 1.807) is 6.92 Å². The average Bonchev–Trinajstić information content (AvgIpc) is 2.71. The summed E-state index contributed by atoms with van der Waals surface area (Å²) in [6.45, 7) is 8.95. The summed E-state index contributed by atoms with van der Waals surface area (Å²) in [6.07, 6.45) is 14.3. The van der Waals surface area contributed by atoms with Gasteiger partial charge < -0.3 is 13.8 Å². The van der Waals surface area contributed by atoms with Gasteiger partial charge in [-0.05, 0) is 19.9 Å². The number of rotatable bonds is 20. The molecule has 6 nitrogen and oxygen atoms in total. The molecular formula is C22H44NO5P. The van der Waals surface area contributed by atoms with Crippen molar-refractivity contribution >= 4 is 13.6 Å². The third-order valence-corrected chi connectivity index (χ3v) is 6.86. The van der Waals surface area contributed by atoms with E-state index in [1.165, 1.54) is 72.0 Å². The van der Waals surface area contributed by atoms with Crippen LogP contribution in [0.3, 0.4) is 0 Å². The fourth-order valence-corrected chi connectivity index (χ4v) is 4.23. The molecule has 0 saturated heterocycles. The molecule has 0 atom stereocenters. The van der Waals surface area contributed by atoms with E-state index < -0.39 is 13.6 Å². The molecule has 0 fully saturated rings. The maximum absolute atomic E-state index is 12.5. The van der Waals surface area contributed by atoms with E-state index in [0.29, 0.717) is 12.1 Å². The minimum absolute atomic E-state index is 0.197. The highest BCUT2D eigenvalue weighted by Gasteiger charge is 2.25. The first-order valence-electron chi connectivity index (χ1n) is 11.1. The van der Waals surface area contributed by atoms with Crippen molar-refractivity contribution < 1.29 is 23.1 Å². The number of esters is 1. The van der Waals surface area contributed by atoms with Crippen LogP contribution < -0.4 is 0 Å². The Hall–Kier alpha value is -0.680. The van der Waals surface area contributed by atoms with Gasteiger partial charge in [0.15, 0.2) is 0 Å². The lowest BCUT2D eigenvalue weighted by atomic mass is 10.1. The summed E-state index contributed by atoms with van der Waals surface area (Å²) < 4.78 is 27.8. The molecule has 7 heteroatoms. The number of ether oxygens (including phenoxy) is 1. The van der Waals surface area contributed by atoms with Crippen LogP contribution in [0.5, 0.6) is 0 Å². The fourth-order valence-electron chi connectivity index (χ4n) is 3.08. The molecule has 0 unspecified atom stereocenters. The monoisotopic (exact) mass is 433 g/mol. The van der Waals surface area contributed by atoms with Crippen molar-refractivity contribution in [3.63, 3.8) is 0 Å². The molecule has 0 spiro atoms. The Morgan fingerprint density at radius 1 is 0.862 bits per heavy atom. The van der Waals surface area contributed by atoms with Crippen LogP contribution in [0.1, 0.15) is 84.5 Å². The molecule has 0 aromatic heterocycles. The van der Waals surface area contributed by atoms with Gasteiger partial charge in [-0.2, -0.15) is 0 Å². The van der Waals surface area contributed by atoms with Gasteiger partial charge in [0.25, 0.3) is 0 Å². The second-order valence-electron chi connectivity index (χ2n) is 7.69. The van der Waals surface area contributed by atoms with Gasteiger partial charge in [0.1, 0.15) is 12.9 Å². The zero-order valence-electron chi connectivity index (χ0n) is 19.2. The van der Waals surface area contributed by atoms with Gasteiger partial charge in [0.05, 0.1) is 0 Å². The Morgan fingerprint density at radius 2 is 1.34 bits per heavy atom. The van der Waals surface area contributed by atoms with E-state index in [4.69, 9.17) is 13.8 Å². The second kappa shape index (κ2) is 18.1. The van der Waals surface area contributed by atoms with E-state index in [0.717, 1.165) is 19.4 Å². The predicted molar refractivity (Wildman–Crippen MR) is 120 cm³/mol. The molecule has 0 aromatic rings. The first kappa shape index (κ1) is 28.3. The average molecular weight is 434 g/mol. The standard InChI is InChI=1S/C22H44NO5P/c1-6-7-8-9-10-11-12-13-14-15-16-17-23(20-29(25,26-4)27-5)18-19-28-22(24)21(2)3/h2,6-20H2,1,3-5H3. The molecule has 0 aromatic carbocycles. The van der Waals surface area contributed by atoms with Crippen LogP contribution >= 0.6 is 7.60 Å². The van der Waals surface area contributed by atoms with Crippen molar-refractivity contribution in [3.8, 4) is 0 Å². The van der Waals surface area contributed by atoms with Crippen LogP contribution in [-0.2, 0) is 23.1 Å². The molecular weight excluding hydrogens is 389 g/mol. The summed E-state index contributed by atoms with van der Waals surface area (Å²) in [4.78, 5) is 13.5. The van der Waals surface area contributed by atoms with Gasteiger partial charge in [-0.1, -0.05) is 77.7 Å². The van der Waals surface area contributed by atoms with E-state index >= 15 is 0 Å². The molecule has 0 heterocycles. The Balaban J connectivity index is 4.09. The summed E-state index contributed by atoms with van der Waals surface area (Å²) in [5.41, 5.74) is 0.376. The molecule has 172 valence electrons. The summed E-state index contributed by atoms with van der Waals surface area (Å²) in [5.74, 6) is -0.402. The van der Waals surface area contributed by atoms with Crippen molar-refractivity contribution in [2.45, 2.75) is 84.5 Å². The Kier molecular flexibility index (Phi) is 17.7. The third-order valence-electron chi connectivity index (χ3n) is 5.00. The Labute approximate surface area is 178 Å². The quantitative estimate of drug-likeness (QED) is 0.0991. The Morgan fingerprint density at radius 3 is 1.79 bits per heavy atom. The van der Waals surface area contributed by atoms with Crippen molar-refractivity contribution in [1.29, 1.82) is 0 Å². The smallest absolute Gasteiger partial charge is 0.344 e. The minimum atomic E-state index is -3.13. The lowest BCUT2D eigenvalue weighted by Gasteiger charge is -2.25. The number of hydrogen-bond acceptors (Lipinski definition) is 6. The van der Waals surface area contributed by atoms with Crippen molar-refractivity contribution in [2.75, 3.05) is 40.2 Å². The lowest BCUT2D eigenvalue weighted by Crippen LogP contribution is -2.31. The highest BCUT2D eigenvalue weighted by Crippen LogP contribution is 2.46. The molecule has 0 radical (unpaired) electrons. The largest absolute Gasteiger partial charge is 0.461 e. The molecule has 29 heavy (non-hydrogen) atoms. The molecule has 0 N–H and O–H groups in total. The van der Waals surface area contributed by atoms with Crippen molar-refractivity contribution in [2.24, 2.45) is 0 Å². The fraction of sp³-hybridized carbons (Fsp3) is 0.864. The van der Waals surface area contributed by atoms with E-state index in [9.17, 15) is 9.36 Å². The molecule has 0 aliphatic rings. The maximum atomic E-state index is 12.5. The third kappa shape index (κ3) is 15.8. The van der Waals surface area contributed by atoms with Gasteiger partial charge >= 0.3 is 13.6 Å². The number of carbonyl (C=O) groups is 1. The van der Waals surface area contributed by atoms with Gasteiger partial charge in [0.2, 0.25) is 0 Å². The van der Waals surface area contributed by atoms with Crippen molar-refractivity contribution in [3.05, 3.63) is 12.2 Å². The van der Waals surface area contributed by atoms with E-state index in [1.807, 2.05) is 4.90 Å². The van der Waals surface area contributed by atoms with Gasteiger partial charge in [-0.25, -0.2) is 4.79 Å². The van der Waals surface area contributed by atoms with Crippen LogP contribution in [-0.4, -0.2) is 51.1 Å². The minimum Gasteiger partial charge on any atom is -0.461 e. The molecule has 0 aliphatic heterocycles. The first-order chi connectivity index (χ1) is 13.9. The number of nitrogens with zero attached hydrogens (tertiary/aromatic N) is 1. The number of carbonyl (C=O) groups excluding carboxylic acids is 1. The number of unbranched alkanes of at least 4 members (excludes halogenated alkanes) is 10. The van der Waals surface area contributed by atoms with Crippen LogP contribution in [0.4, 0.5) is 0 Å². The summed E-state index contributed by atoms with van der Waals surface area (Å²) in [5, 5.41) is 0. The molecule has 0 aliphatic carbocycles. The predicted octanol–water partition coefficient (Wildman–Crippen LogP) is 6.16. The molecule has 0 saturated carbocycles. The molecule has 0 amide bonds. The topological polar surface area (TPSA) is 65.1 Å². The second-order valence-corrected chi connectivity index (χ2v) is 9.92. The lowest BCUT2D eigenvalue weighted by molar-refractivity contribution is -0.139. The molecule has 0 bridgehead atoms. The van der Waals surface area contributed by atoms with Crippen LogP contribution in [0.2, 0.25) is 0 Å². The van der Waals surface area contributed by atoms with E-state index in [2.05, 4.69) is 13.5 Å². The SMILES string of the molecule is C=C(C)C(=O)OCCN(CCCCCCCCCCCCC)CP(=O)(OC)OC. The van der Waals surface area contributed by atoms with Gasteiger partial charge in [0, 0.05) is 26.3 Å². The zero-order valence-corrected chi connectivity index (χ0v) is 20.1. The van der Waals surface area contributed by atoms with Crippen LogP contribution in [0, 0.1) is 0 Å². The first-order valence-corrected chi connectivity index (χ1v) is 12.9. The maximum Gasteiger partial charge on any atom is 0.344 e. The summed E-state index contributed by atoms with van der Waals surface area (Å²) >= 11 is 0. The van der Waals surface area contributed by atoms with Gasteiger partial charge in [-0.3, -0.25) is 9.46 Å². The van der Waals surface area contributed by atoms with E-state index in [-0.39, 0.29) is 12.9 Å². The van der Waals surface area contributed by atoms with Crippen molar-refractivity contribution in [1.82, 2.24) is 4.90 Å².